The SMILES string of the molecule is COCCNc1ccc(C(=O)Nc2cc(C)cc(C)c2)nn1. The number of anilines is 2. The van der Waals surface area contributed by atoms with Crippen molar-refractivity contribution in [2.24, 2.45) is 0 Å². The van der Waals surface area contributed by atoms with E-state index in [4.69, 9.17) is 4.74 Å². The third-order valence-corrected chi connectivity index (χ3v) is 2.99. The zero-order valence-corrected chi connectivity index (χ0v) is 13.0. The Labute approximate surface area is 129 Å². The molecule has 0 aliphatic carbocycles. The molecule has 6 heteroatoms. The van der Waals surface area contributed by atoms with Crippen LogP contribution >= 0.6 is 0 Å². The summed E-state index contributed by atoms with van der Waals surface area (Å²) in [5.41, 5.74) is 3.22. The van der Waals surface area contributed by atoms with Gasteiger partial charge in [0.2, 0.25) is 0 Å². The van der Waals surface area contributed by atoms with Crippen LogP contribution in [0.25, 0.3) is 0 Å². The first kappa shape index (κ1) is 15.9. The topological polar surface area (TPSA) is 76.1 Å². The van der Waals surface area contributed by atoms with Crippen LogP contribution in [0.3, 0.4) is 0 Å². The molecular formula is C16H20N4O2. The van der Waals surface area contributed by atoms with Crippen LogP contribution in [0.2, 0.25) is 0 Å². The lowest BCUT2D eigenvalue weighted by Gasteiger charge is -2.08. The van der Waals surface area contributed by atoms with Crippen molar-refractivity contribution in [2.75, 3.05) is 30.9 Å². The van der Waals surface area contributed by atoms with Crippen LogP contribution < -0.4 is 10.6 Å². The first-order valence-electron chi connectivity index (χ1n) is 7.04. The molecule has 0 saturated carbocycles. The average Bonchev–Trinajstić information content (AvgIpc) is 2.47. The van der Waals surface area contributed by atoms with Crippen molar-refractivity contribution in [3.8, 4) is 0 Å². The third kappa shape index (κ3) is 4.53. The predicted molar refractivity (Wildman–Crippen MR) is 86.3 cm³/mol. The van der Waals surface area contributed by atoms with Gasteiger partial charge in [-0.05, 0) is 49.2 Å². The summed E-state index contributed by atoms with van der Waals surface area (Å²) in [5, 5.41) is 13.8. The summed E-state index contributed by atoms with van der Waals surface area (Å²) >= 11 is 0. The molecule has 0 unspecified atom stereocenters. The van der Waals surface area contributed by atoms with Gasteiger partial charge in [-0.3, -0.25) is 4.79 Å². The summed E-state index contributed by atoms with van der Waals surface area (Å²) < 4.78 is 4.94. The maximum absolute atomic E-state index is 12.2. The third-order valence-electron chi connectivity index (χ3n) is 2.99. The molecule has 0 radical (unpaired) electrons. The lowest BCUT2D eigenvalue weighted by molar-refractivity contribution is 0.102. The van der Waals surface area contributed by atoms with E-state index in [1.165, 1.54) is 0 Å². The minimum atomic E-state index is -0.277. The van der Waals surface area contributed by atoms with Crippen molar-refractivity contribution < 1.29 is 9.53 Å². The maximum Gasteiger partial charge on any atom is 0.276 e. The van der Waals surface area contributed by atoms with Gasteiger partial charge in [-0.1, -0.05) is 6.07 Å². The zero-order valence-electron chi connectivity index (χ0n) is 13.0. The fourth-order valence-corrected chi connectivity index (χ4v) is 2.07. The quantitative estimate of drug-likeness (QED) is 0.801. The molecule has 2 rings (SSSR count). The van der Waals surface area contributed by atoms with E-state index in [2.05, 4.69) is 26.9 Å². The van der Waals surface area contributed by atoms with Crippen molar-refractivity contribution in [3.05, 3.63) is 47.2 Å². The van der Waals surface area contributed by atoms with Crippen LogP contribution in [0.1, 0.15) is 21.6 Å². The number of benzene rings is 1. The molecule has 1 heterocycles. The van der Waals surface area contributed by atoms with Gasteiger partial charge in [0.25, 0.3) is 5.91 Å². The van der Waals surface area contributed by atoms with Gasteiger partial charge in [-0.2, -0.15) is 0 Å². The van der Waals surface area contributed by atoms with Crippen molar-refractivity contribution >= 4 is 17.4 Å². The van der Waals surface area contributed by atoms with Gasteiger partial charge >= 0.3 is 0 Å². The van der Waals surface area contributed by atoms with E-state index in [-0.39, 0.29) is 11.6 Å². The number of hydrogen-bond donors (Lipinski definition) is 2. The number of amides is 1. The molecule has 116 valence electrons. The van der Waals surface area contributed by atoms with E-state index in [0.717, 1.165) is 16.8 Å². The van der Waals surface area contributed by atoms with Crippen molar-refractivity contribution in [3.63, 3.8) is 0 Å². The minimum Gasteiger partial charge on any atom is -0.383 e. The number of aryl methyl sites for hydroxylation is 2. The highest BCUT2D eigenvalue weighted by Crippen LogP contribution is 2.14. The molecule has 0 aliphatic heterocycles. The first-order chi connectivity index (χ1) is 10.6. The summed E-state index contributed by atoms with van der Waals surface area (Å²) in [7, 11) is 1.63. The molecule has 0 atom stereocenters. The molecule has 2 aromatic rings. The van der Waals surface area contributed by atoms with Crippen LogP contribution in [0, 0.1) is 13.8 Å². The summed E-state index contributed by atoms with van der Waals surface area (Å²) in [5.74, 6) is 0.334. The summed E-state index contributed by atoms with van der Waals surface area (Å²) in [6.45, 7) is 5.20. The first-order valence-corrected chi connectivity index (χ1v) is 7.04. The van der Waals surface area contributed by atoms with Crippen molar-refractivity contribution in [1.82, 2.24) is 10.2 Å². The fraction of sp³-hybridized carbons (Fsp3) is 0.312. The molecule has 0 aliphatic rings. The lowest BCUT2D eigenvalue weighted by atomic mass is 10.1. The minimum absolute atomic E-state index is 0.274. The van der Waals surface area contributed by atoms with Crippen LogP contribution in [0.4, 0.5) is 11.5 Å². The van der Waals surface area contributed by atoms with Crippen LogP contribution in [-0.2, 0) is 4.74 Å². The van der Waals surface area contributed by atoms with E-state index < -0.39 is 0 Å². The van der Waals surface area contributed by atoms with E-state index in [0.29, 0.717) is 19.0 Å². The highest BCUT2D eigenvalue weighted by atomic mass is 16.5. The van der Waals surface area contributed by atoms with Crippen molar-refractivity contribution in [1.29, 1.82) is 0 Å². The summed E-state index contributed by atoms with van der Waals surface area (Å²) in [4.78, 5) is 12.2. The summed E-state index contributed by atoms with van der Waals surface area (Å²) in [6, 6.07) is 9.24. The molecule has 0 saturated heterocycles. The van der Waals surface area contributed by atoms with Gasteiger partial charge in [0, 0.05) is 19.3 Å². The van der Waals surface area contributed by atoms with Gasteiger partial charge < -0.3 is 15.4 Å². The number of rotatable bonds is 6. The highest BCUT2D eigenvalue weighted by molar-refractivity contribution is 6.02. The molecule has 0 spiro atoms. The standard InChI is InChI=1S/C16H20N4O2/c1-11-8-12(2)10-13(9-11)18-16(21)14-4-5-15(20-19-14)17-6-7-22-3/h4-5,8-10H,6-7H2,1-3H3,(H,17,20)(H,18,21). The second-order valence-corrected chi connectivity index (χ2v) is 5.05. The molecular weight excluding hydrogens is 280 g/mol. The monoisotopic (exact) mass is 300 g/mol. The van der Waals surface area contributed by atoms with E-state index >= 15 is 0 Å². The molecule has 1 aromatic carbocycles. The molecule has 2 N–H and O–H groups in total. The number of carbonyl (C=O) groups excluding carboxylic acids is 1. The van der Waals surface area contributed by atoms with Gasteiger partial charge in [-0.25, -0.2) is 0 Å². The lowest BCUT2D eigenvalue weighted by Crippen LogP contribution is -2.15. The van der Waals surface area contributed by atoms with Crippen LogP contribution in [-0.4, -0.2) is 36.4 Å². The normalized spacial score (nSPS) is 10.3. The predicted octanol–water partition coefficient (Wildman–Crippen LogP) is 2.40. The van der Waals surface area contributed by atoms with E-state index in [1.54, 1.807) is 19.2 Å². The number of nitrogens with zero attached hydrogens (tertiary/aromatic N) is 2. The molecule has 1 amide bonds. The van der Waals surface area contributed by atoms with Crippen LogP contribution in [0.5, 0.6) is 0 Å². The second kappa shape index (κ2) is 7.51. The number of methoxy groups -OCH3 is 1. The Bertz CT molecular complexity index is 621. The Morgan fingerprint density at radius 3 is 2.45 bits per heavy atom. The number of aromatic nitrogens is 2. The Kier molecular flexibility index (Phi) is 5.43. The average molecular weight is 300 g/mol. The molecule has 1 aromatic heterocycles. The zero-order chi connectivity index (χ0) is 15.9. The smallest absolute Gasteiger partial charge is 0.276 e. The van der Waals surface area contributed by atoms with Crippen molar-refractivity contribution in [2.45, 2.75) is 13.8 Å². The van der Waals surface area contributed by atoms with Gasteiger partial charge in [-0.15, -0.1) is 10.2 Å². The molecule has 6 nitrogen and oxygen atoms in total. The molecule has 0 fully saturated rings. The molecule has 22 heavy (non-hydrogen) atoms. The fourth-order valence-electron chi connectivity index (χ4n) is 2.07. The highest BCUT2D eigenvalue weighted by Gasteiger charge is 2.09. The van der Waals surface area contributed by atoms with Gasteiger partial charge in [0.05, 0.1) is 6.61 Å². The molecule has 0 bridgehead atoms. The Balaban J connectivity index is 2.00. The Hall–Kier alpha value is -2.47. The number of hydrogen-bond acceptors (Lipinski definition) is 5. The van der Waals surface area contributed by atoms with Gasteiger partial charge in [0.1, 0.15) is 5.82 Å². The number of carbonyl (C=O) groups is 1. The van der Waals surface area contributed by atoms with Gasteiger partial charge in [0.15, 0.2) is 5.69 Å². The summed E-state index contributed by atoms with van der Waals surface area (Å²) in [6.07, 6.45) is 0. The Morgan fingerprint density at radius 2 is 1.86 bits per heavy atom. The number of nitrogens with one attached hydrogen (secondary N) is 2. The van der Waals surface area contributed by atoms with E-state index in [9.17, 15) is 4.79 Å². The Morgan fingerprint density at radius 1 is 1.14 bits per heavy atom. The largest absolute Gasteiger partial charge is 0.383 e. The second-order valence-electron chi connectivity index (χ2n) is 5.05. The van der Waals surface area contributed by atoms with E-state index in [1.807, 2.05) is 26.0 Å². The number of ether oxygens (including phenoxy) is 1. The van der Waals surface area contributed by atoms with Crippen LogP contribution in [0.15, 0.2) is 30.3 Å². The maximum atomic E-state index is 12.2.